The van der Waals surface area contributed by atoms with Crippen molar-refractivity contribution < 1.29 is 18.3 Å². The van der Waals surface area contributed by atoms with Crippen LogP contribution in [0, 0.1) is 0 Å². The van der Waals surface area contributed by atoms with E-state index in [0.717, 1.165) is 12.1 Å². The van der Waals surface area contributed by atoms with Crippen molar-refractivity contribution in [2.45, 2.75) is 19.2 Å². The Hall–Kier alpha value is -1.95. The Labute approximate surface area is 107 Å². The third-order valence-corrected chi connectivity index (χ3v) is 2.56. The maximum Gasteiger partial charge on any atom is 0.416 e. The van der Waals surface area contributed by atoms with Crippen molar-refractivity contribution in [3.63, 3.8) is 0 Å². The molecule has 0 amide bonds. The van der Waals surface area contributed by atoms with Crippen molar-refractivity contribution in [1.29, 1.82) is 0 Å². The van der Waals surface area contributed by atoms with E-state index >= 15 is 0 Å². The molecule has 1 aromatic heterocycles. The number of hydrogen-bond acceptors (Lipinski definition) is 3. The second-order valence-corrected chi connectivity index (χ2v) is 4.04. The molecule has 2 aromatic rings. The third-order valence-electron chi connectivity index (χ3n) is 2.56. The quantitative estimate of drug-likeness (QED) is 0.930. The van der Waals surface area contributed by atoms with E-state index in [1.807, 2.05) is 0 Å². The number of aliphatic hydroxyl groups excluding tert-OH is 1. The summed E-state index contributed by atoms with van der Waals surface area (Å²) in [5.41, 5.74) is 0.372. The minimum atomic E-state index is -4.35. The van der Waals surface area contributed by atoms with Gasteiger partial charge in [0.2, 0.25) is 0 Å². The average molecular weight is 268 g/mol. The van der Waals surface area contributed by atoms with Crippen LogP contribution in [-0.2, 0) is 19.2 Å². The predicted molar refractivity (Wildman–Crippen MR) is 62.2 cm³/mol. The first-order chi connectivity index (χ1) is 8.99. The number of halogens is 3. The van der Waals surface area contributed by atoms with Crippen LogP contribution in [0.1, 0.15) is 22.5 Å². The molecule has 3 nitrogen and oxygen atoms in total. The highest BCUT2D eigenvalue weighted by Crippen LogP contribution is 2.29. The molecule has 100 valence electrons. The maximum absolute atomic E-state index is 12.5. The number of hydrogen-bond donors (Lipinski definition) is 1. The van der Waals surface area contributed by atoms with Gasteiger partial charge in [-0.15, -0.1) is 0 Å². The lowest BCUT2D eigenvalue weighted by Crippen LogP contribution is -2.06. The van der Waals surface area contributed by atoms with Crippen LogP contribution in [0.5, 0.6) is 0 Å². The molecule has 0 aliphatic heterocycles. The summed E-state index contributed by atoms with van der Waals surface area (Å²) in [5, 5.41) is 8.84. The SMILES string of the molecule is OCc1cnc(Cc2cccc(C(F)(F)F)c2)nc1. The summed E-state index contributed by atoms with van der Waals surface area (Å²) >= 11 is 0. The van der Waals surface area contributed by atoms with Crippen LogP contribution in [0.2, 0.25) is 0 Å². The lowest BCUT2D eigenvalue weighted by Gasteiger charge is -2.08. The molecular formula is C13H11F3N2O. The highest BCUT2D eigenvalue weighted by Gasteiger charge is 2.30. The van der Waals surface area contributed by atoms with Crippen molar-refractivity contribution >= 4 is 0 Å². The molecule has 0 aliphatic rings. The first kappa shape index (κ1) is 13.5. The van der Waals surface area contributed by atoms with Gasteiger partial charge < -0.3 is 5.11 Å². The van der Waals surface area contributed by atoms with Gasteiger partial charge in [-0.05, 0) is 11.6 Å². The summed E-state index contributed by atoms with van der Waals surface area (Å²) in [6.07, 6.45) is -1.22. The number of nitrogens with zero attached hydrogens (tertiary/aromatic N) is 2. The van der Waals surface area contributed by atoms with Gasteiger partial charge in [-0.2, -0.15) is 13.2 Å². The number of aliphatic hydroxyl groups is 1. The Morgan fingerprint density at radius 2 is 1.74 bits per heavy atom. The Morgan fingerprint density at radius 1 is 1.05 bits per heavy atom. The van der Waals surface area contributed by atoms with Gasteiger partial charge in [0, 0.05) is 24.4 Å². The van der Waals surface area contributed by atoms with E-state index in [0.29, 0.717) is 17.0 Å². The van der Waals surface area contributed by atoms with Crippen molar-refractivity contribution in [3.8, 4) is 0 Å². The standard InChI is InChI=1S/C13H11F3N2O/c14-13(15,16)11-3-1-2-9(4-11)5-12-17-6-10(8-19)7-18-12/h1-4,6-7,19H,5,8H2. The van der Waals surface area contributed by atoms with Crippen LogP contribution < -0.4 is 0 Å². The first-order valence-corrected chi connectivity index (χ1v) is 5.56. The molecule has 0 atom stereocenters. The van der Waals surface area contributed by atoms with Gasteiger partial charge in [0.1, 0.15) is 5.82 Å². The summed E-state index contributed by atoms with van der Waals surface area (Å²) in [7, 11) is 0. The third kappa shape index (κ3) is 3.51. The molecule has 2 rings (SSSR count). The average Bonchev–Trinajstić information content (AvgIpc) is 2.39. The predicted octanol–water partition coefficient (Wildman–Crippen LogP) is 2.58. The van der Waals surface area contributed by atoms with Gasteiger partial charge >= 0.3 is 6.18 Å². The van der Waals surface area contributed by atoms with Crippen LogP contribution in [-0.4, -0.2) is 15.1 Å². The summed E-state index contributed by atoms with van der Waals surface area (Å²) in [5.74, 6) is 0.413. The van der Waals surface area contributed by atoms with E-state index in [2.05, 4.69) is 9.97 Å². The largest absolute Gasteiger partial charge is 0.416 e. The molecular weight excluding hydrogens is 257 g/mol. The fraction of sp³-hybridized carbons (Fsp3) is 0.231. The summed E-state index contributed by atoms with van der Waals surface area (Å²) in [6, 6.07) is 5.07. The van der Waals surface area contributed by atoms with Gasteiger partial charge in [-0.25, -0.2) is 9.97 Å². The molecule has 0 saturated carbocycles. The number of aromatic nitrogens is 2. The Balaban J connectivity index is 2.18. The van der Waals surface area contributed by atoms with Gasteiger partial charge in [-0.1, -0.05) is 18.2 Å². The van der Waals surface area contributed by atoms with E-state index in [1.165, 1.54) is 18.5 Å². The van der Waals surface area contributed by atoms with Crippen molar-refractivity contribution in [3.05, 3.63) is 59.2 Å². The molecule has 0 bridgehead atoms. The Kier molecular flexibility index (Phi) is 3.80. The van der Waals surface area contributed by atoms with Gasteiger partial charge in [-0.3, -0.25) is 0 Å². The molecule has 0 spiro atoms. The highest BCUT2D eigenvalue weighted by molar-refractivity contribution is 5.27. The second-order valence-electron chi connectivity index (χ2n) is 4.04. The minimum absolute atomic E-state index is 0.163. The smallest absolute Gasteiger partial charge is 0.392 e. The maximum atomic E-state index is 12.5. The van der Waals surface area contributed by atoms with Crippen LogP contribution in [0.3, 0.4) is 0 Å². The van der Waals surface area contributed by atoms with Gasteiger partial charge in [0.15, 0.2) is 0 Å². The first-order valence-electron chi connectivity index (χ1n) is 5.56. The molecule has 0 aliphatic carbocycles. The van der Waals surface area contributed by atoms with E-state index < -0.39 is 11.7 Å². The van der Waals surface area contributed by atoms with E-state index in [9.17, 15) is 13.2 Å². The normalized spacial score (nSPS) is 11.6. The molecule has 0 unspecified atom stereocenters. The molecule has 1 aromatic carbocycles. The van der Waals surface area contributed by atoms with Crippen LogP contribution in [0.15, 0.2) is 36.7 Å². The van der Waals surface area contributed by atoms with Gasteiger partial charge in [0.25, 0.3) is 0 Å². The summed E-state index contributed by atoms with van der Waals surface area (Å²) < 4.78 is 37.6. The van der Waals surface area contributed by atoms with Crippen LogP contribution >= 0.6 is 0 Å². The van der Waals surface area contributed by atoms with Gasteiger partial charge in [0.05, 0.1) is 12.2 Å². The molecule has 1 N–H and O–H groups in total. The van der Waals surface area contributed by atoms with Crippen LogP contribution in [0.4, 0.5) is 13.2 Å². The second kappa shape index (κ2) is 5.36. The molecule has 19 heavy (non-hydrogen) atoms. The molecule has 0 radical (unpaired) electrons. The van der Waals surface area contributed by atoms with E-state index in [1.54, 1.807) is 6.07 Å². The zero-order valence-electron chi connectivity index (χ0n) is 9.85. The lowest BCUT2D eigenvalue weighted by atomic mass is 10.1. The molecule has 0 fully saturated rings. The van der Waals surface area contributed by atoms with Crippen LogP contribution in [0.25, 0.3) is 0 Å². The zero-order valence-corrected chi connectivity index (χ0v) is 9.85. The number of rotatable bonds is 3. The van der Waals surface area contributed by atoms with Crippen molar-refractivity contribution in [2.75, 3.05) is 0 Å². The van der Waals surface area contributed by atoms with E-state index in [-0.39, 0.29) is 13.0 Å². The molecule has 1 heterocycles. The fourth-order valence-electron chi connectivity index (χ4n) is 1.59. The van der Waals surface area contributed by atoms with E-state index in [4.69, 9.17) is 5.11 Å². The highest BCUT2D eigenvalue weighted by atomic mass is 19.4. The zero-order chi connectivity index (χ0) is 13.9. The number of benzene rings is 1. The van der Waals surface area contributed by atoms with Crippen molar-refractivity contribution in [2.24, 2.45) is 0 Å². The van der Waals surface area contributed by atoms with Crippen molar-refractivity contribution in [1.82, 2.24) is 9.97 Å². The topological polar surface area (TPSA) is 46.0 Å². The molecule has 6 heteroatoms. The summed E-state index contributed by atoms with van der Waals surface area (Å²) in [4.78, 5) is 7.97. The lowest BCUT2D eigenvalue weighted by molar-refractivity contribution is -0.137. The number of alkyl halides is 3. The Bertz CT molecular complexity index is 553. The summed E-state index contributed by atoms with van der Waals surface area (Å²) in [6.45, 7) is -0.163. The molecule has 0 saturated heterocycles. The minimum Gasteiger partial charge on any atom is -0.392 e. The Morgan fingerprint density at radius 3 is 2.32 bits per heavy atom. The fourth-order valence-corrected chi connectivity index (χ4v) is 1.59. The monoisotopic (exact) mass is 268 g/mol.